The van der Waals surface area contributed by atoms with Crippen molar-refractivity contribution in [2.75, 3.05) is 18.8 Å². The Kier molecular flexibility index (Phi) is 4.77. The number of fused-ring (bicyclic) bond motifs is 1. The fourth-order valence-electron chi connectivity index (χ4n) is 3.34. The maximum Gasteiger partial charge on any atom is 0.253 e. The van der Waals surface area contributed by atoms with Crippen LogP contribution < -0.4 is 0 Å². The molecule has 0 spiro atoms. The van der Waals surface area contributed by atoms with Crippen LogP contribution in [0.2, 0.25) is 0 Å². The van der Waals surface area contributed by atoms with Crippen molar-refractivity contribution in [2.45, 2.75) is 18.6 Å². The summed E-state index contributed by atoms with van der Waals surface area (Å²) >= 11 is 3.55. The van der Waals surface area contributed by atoms with Gasteiger partial charge in [-0.15, -0.1) is 11.3 Å². The van der Waals surface area contributed by atoms with Crippen LogP contribution in [0.1, 0.15) is 33.2 Å². The highest BCUT2D eigenvalue weighted by Crippen LogP contribution is 2.36. The standard InChI is InChI=1S/C20H20N2OS2/c1-14-4-2-3-5-16(14)18-8-9-22(10-11-24-18)20(23)15-6-7-17-19(12-15)25-13-21-17/h2-7,12-13,18H,8-11H2,1H3/t18-/m1/s1. The van der Waals surface area contributed by atoms with E-state index < -0.39 is 0 Å². The molecule has 4 rings (SSSR count). The van der Waals surface area contributed by atoms with E-state index in [0.717, 1.165) is 41.0 Å². The first-order valence-electron chi connectivity index (χ1n) is 8.52. The van der Waals surface area contributed by atoms with E-state index in [-0.39, 0.29) is 5.91 Å². The lowest BCUT2D eigenvalue weighted by atomic mass is 10.0. The Hall–Kier alpha value is -1.85. The Bertz CT molecular complexity index is 905. The zero-order valence-corrected chi connectivity index (χ0v) is 15.8. The first-order chi connectivity index (χ1) is 12.2. The van der Waals surface area contributed by atoms with Gasteiger partial charge in [0.15, 0.2) is 0 Å². The largest absolute Gasteiger partial charge is 0.338 e. The van der Waals surface area contributed by atoms with Crippen LogP contribution in [0.3, 0.4) is 0 Å². The highest BCUT2D eigenvalue weighted by atomic mass is 32.2. The Morgan fingerprint density at radius 2 is 2.08 bits per heavy atom. The molecule has 3 aromatic rings. The van der Waals surface area contributed by atoms with Gasteiger partial charge >= 0.3 is 0 Å². The number of thiazole rings is 1. The second-order valence-corrected chi connectivity index (χ2v) is 8.53. The molecule has 0 aliphatic carbocycles. The second kappa shape index (κ2) is 7.18. The predicted octanol–water partition coefficient (Wildman–Crippen LogP) is 4.93. The molecule has 1 atom stereocenters. The lowest BCUT2D eigenvalue weighted by Crippen LogP contribution is -2.32. The number of aromatic nitrogens is 1. The summed E-state index contributed by atoms with van der Waals surface area (Å²) in [5.41, 5.74) is 6.32. The van der Waals surface area contributed by atoms with Gasteiger partial charge in [0.1, 0.15) is 0 Å². The topological polar surface area (TPSA) is 33.2 Å². The zero-order chi connectivity index (χ0) is 17.2. The Morgan fingerprint density at radius 3 is 2.96 bits per heavy atom. The number of hydrogen-bond acceptors (Lipinski definition) is 4. The maximum absolute atomic E-state index is 12.9. The normalized spacial score (nSPS) is 18.3. The third kappa shape index (κ3) is 3.44. The molecule has 128 valence electrons. The third-order valence-electron chi connectivity index (χ3n) is 4.74. The molecule has 1 amide bonds. The van der Waals surface area contributed by atoms with Gasteiger partial charge in [0, 0.05) is 29.7 Å². The molecule has 25 heavy (non-hydrogen) atoms. The zero-order valence-electron chi connectivity index (χ0n) is 14.1. The van der Waals surface area contributed by atoms with Crippen molar-refractivity contribution >= 4 is 39.2 Å². The van der Waals surface area contributed by atoms with Gasteiger partial charge in [0.2, 0.25) is 0 Å². The predicted molar refractivity (Wildman–Crippen MR) is 107 cm³/mol. The van der Waals surface area contributed by atoms with Crippen molar-refractivity contribution in [3.05, 3.63) is 64.7 Å². The molecule has 1 saturated heterocycles. The quantitative estimate of drug-likeness (QED) is 0.643. The van der Waals surface area contributed by atoms with E-state index >= 15 is 0 Å². The molecule has 1 aliphatic heterocycles. The van der Waals surface area contributed by atoms with Crippen molar-refractivity contribution in [3.8, 4) is 0 Å². The van der Waals surface area contributed by atoms with Gasteiger partial charge in [-0.1, -0.05) is 24.3 Å². The molecular formula is C20H20N2OS2. The molecule has 0 radical (unpaired) electrons. The van der Waals surface area contributed by atoms with Crippen LogP contribution in [0, 0.1) is 6.92 Å². The molecule has 1 aromatic heterocycles. The van der Waals surface area contributed by atoms with Crippen LogP contribution in [-0.4, -0.2) is 34.6 Å². The number of rotatable bonds is 2. The smallest absolute Gasteiger partial charge is 0.253 e. The molecule has 0 unspecified atom stereocenters. The van der Waals surface area contributed by atoms with Gasteiger partial charge in [-0.2, -0.15) is 11.8 Å². The summed E-state index contributed by atoms with van der Waals surface area (Å²) in [5.74, 6) is 1.12. The molecule has 0 N–H and O–H groups in total. The van der Waals surface area contributed by atoms with Crippen molar-refractivity contribution in [2.24, 2.45) is 0 Å². The minimum absolute atomic E-state index is 0.140. The highest BCUT2D eigenvalue weighted by molar-refractivity contribution is 7.99. The van der Waals surface area contributed by atoms with E-state index in [1.165, 1.54) is 11.1 Å². The molecule has 1 aliphatic rings. The summed E-state index contributed by atoms with van der Waals surface area (Å²) in [6.07, 6.45) is 1.00. The first-order valence-corrected chi connectivity index (χ1v) is 10.4. The summed E-state index contributed by atoms with van der Waals surface area (Å²) in [7, 11) is 0. The number of carbonyl (C=O) groups excluding carboxylic acids is 1. The van der Waals surface area contributed by atoms with Gasteiger partial charge in [0.05, 0.1) is 15.7 Å². The van der Waals surface area contributed by atoms with Gasteiger partial charge in [0.25, 0.3) is 5.91 Å². The number of hydrogen-bond donors (Lipinski definition) is 0. The number of amides is 1. The fourth-order valence-corrected chi connectivity index (χ4v) is 5.38. The van der Waals surface area contributed by atoms with Crippen LogP contribution in [0.4, 0.5) is 0 Å². The van der Waals surface area contributed by atoms with Crippen molar-refractivity contribution in [1.29, 1.82) is 0 Å². The van der Waals surface area contributed by atoms with Crippen molar-refractivity contribution in [1.82, 2.24) is 9.88 Å². The van der Waals surface area contributed by atoms with E-state index in [9.17, 15) is 4.79 Å². The minimum atomic E-state index is 0.140. The molecule has 0 saturated carbocycles. The number of benzene rings is 2. The average Bonchev–Trinajstić information content (AvgIpc) is 2.97. The molecule has 3 nitrogen and oxygen atoms in total. The van der Waals surface area contributed by atoms with E-state index in [2.05, 4.69) is 36.2 Å². The fraction of sp³-hybridized carbons (Fsp3) is 0.300. The van der Waals surface area contributed by atoms with Gasteiger partial charge in [-0.25, -0.2) is 4.98 Å². The monoisotopic (exact) mass is 368 g/mol. The van der Waals surface area contributed by atoms with E-state index in [0.29, 0.717) is 5.25 Å². The minimum Gasteiger partial charge on any atom is -0.338 e. The van der Waals surface area contributed by atoms with E-state index in [1.54, 1.807) is 11.3 Å². The van der Waals surface area contributed by atoms with Crippen molar-refractivity contribution < 1.29 is 4.79 Å². The number of nitrogens with zero attached hydrogens (tertiary/aromatic N) is 2. The van der Waals surface area contributed by atoms with E-state index in [1.807, 2.05) is 40.4 Å². The summed E-state index contributed by atoms with van der Waals surface area (Å²) < 4.78 is 1.08. The lowest BCUT2D eigenvalue weighted by molar-refractivity contribution is 0.0767. The van der Waals surface area contributed by atoms with E-state index in [4.69, 9.17) is 0 Å². The first kappa shape index (κ1) is 16.6. The molecule has 2 heterocycles. The Labute approximate surface area is 156 Å². The van der Waals surface area contributed by atoms with Crippen LogP contribution in [-0.2, 0) is 0 Å². The van der Waals surface area contributed by atoms with Crippen molar-refractivity contribution in [3.63, 3.8) is 0 Å². The maximum atomic E-state index is 12.9. The van der Waals surface area contributed by atoms with Gasteiger partial charge in [-0.3, -0.25) is 4.79 Å². The molecule has 5 heteroatoms. The van der Waals surface area contributed by atoms with Crippen LogP contribution in [0.5, 0.6) is 0 Å². The van der Waals surface area contributed by atoms with Crippen LogP contribution in [0.25, 0.3) is 10.2 Å². The highest BCUT2D eigenvalue weighted by Gasteiger charge is 2.23. The number of aryl methyl sites for hydroxylation is 1. The summed E-state index contributed by atoms with van der Waals surface area (Å²) in [4.78, 5) is 19.2. The van der Waals surface area contributed by atoms with Crippen LogP contribution in [0.15, 0.2) is 48.0 Å². The van der Waals surface area contributed by atoms with Gasteiger partial charge < -0.3 is 4.90 Å². The second-order valence-electron chi connectivity index (χ2n) is 6.33. The summed E-state index contributed by atoms with van der Waals surface area (Å²) in [6.45, 7) is 3.80. The van der Waals surface area contributed by atoms with Crippen LogP contribution >= 0.6 is 23.1 Å². The third-order valence-corrected chi connectivity index (χ3v) is 6.84. The van der Waals surface area contributed by atoms with Gasteiger partial charge in [-0.05, 0) is 42.7 Å². The molecule has 1 fully saturated rings. The SMILES string of the molecule is Cc1ccccc1[C@H]1CCN(C(=O)c2ccc3ncsc3c2)CCS1. The molecular weight excluding hydrogens is 348 g/mol. The Morgan fingerprint density at radius 1 is 1.20 bits per heavy atom. The number of carbonyl (C=O) groups is 1. The average molecular weight is 369 g/mol. The Balaban J connectivity index is 1.50. The molecule has 0 bridgehead atoms. The summed E-state index contributed by atoms with van der Waals surface area (Å²) in [6, 6.07) is 14.4. The summed E-state index contributed by atoms with van der Waals surface area (Å²) in [5, 5.41) is 0.475. The number of thioether (sulfide) groups is 1. The molecule has 2 aromatic carbocycles. The lowest BCUT2D eigenvalue weighted by Gasteiger charge is -2.20.